The van der Waals surface area contributed by atoms with Gasteiger partial charge in [-0.15, -0.1) is 0 Å². The van der Waals surface area contributed by atoms with Gasteiger partial charge in [0, 0.05) is 25.6 Å². The van der Waals surface area contributed by atoms with Crippen molar-refractivity contribution in [1.82, 2.24) is 5.06 Å². The molecule has 2 saturated heterocycles. The van der Waals surface area contributed by atoms with Gasteiger partial charge < -0.3 is 88.4 Å². The molecule has 0 bridgehead atoms. The number of hydrogen-bond acceptors (Lipinski definition) is 19. The first-order valence-corrected chi connectivity index (χ1v) is 15.7. The Kier molecular flexibility index (Phi) is 13.7. The smallest absolute Gasteiger partial charge is 0.246 e. The molecular formula is C27H51N7O13. The monoisotopic (exact) mass is 681 g/mol. The zero-order valence-corrected chi connectivity index (χ0v) is 25.9. The summed E-state index contributed by atoms with van der Waals surface area (Å²) in [5, 5.41) is 64.0. The lowest BCUT2D eigenvalue weighted by Gasteiger charge is -2.46. The van der Waals surface area contributed by atoms with E-state index in [2.05, 4.69) is 0 Å². The van der Waals surface area contributed by atoms with Crippen LogP contribution in [0.25, 0.3) is 0 Å². The van der Waals surface area contributed by atoms with Crippen molar-refractivity contribution in [3.8, 4) is 0 Å². The number of nitrogens with zero attached hydrogens (tertiary/aromatic N) is 1. The van der Waals surface area contributed by atoms with Crippen molar-refractivity contribution in [1.29, 1.82) is 0 Å². The molecule has 1 saturated carbocycles. The molecule has 0 aromatic rings. The molecule has 0 unspecified atom stereocenters. The maximum atomic E-state index is 12.7. The molecule has 0 radical (unpaired) electrons. The van der Waals surface area contributed by atoms with Crippen molar-refractivity contribution in [2.45, 2.75) is 111 Å². The fraction of sp³-hybridized carbons (Fsp3) is 0.889. The molecule has 4 aliphatic rings. The predicted molar refractivity (Wildman–Crippen MR) is 158 cm³/mol. The SMILES string of the molecule is NCCN(O)C(=O)C[C@@H]1C[C@H](N)[C@@H](O[C@H]2OC(CN)=CC[C@H]2N)[C@H](O[C@@H]2O[C@H](CO)[C@@H](O[C@H]3O[C@@H](CN)[C@@H](O)[C@H](O)[C@H]3N)[C@H]2O)[C@H]1O. The zero-order chi connectivity index (χ0) is 34.6. The predicted octanol–water partition coefficient (Wildman–Crippen LogP) is -6.86. The Bertz CT molecular complexity index is 1050. The molecule has 16 atom stereocenters. The van der Waals surface area contributed by atoms with Crippen LogP contribution in [0.2, 0.25) is 0 Å². The maximum absolute atomic E-state index is 12.7. The number of carbonyl (C=O) groups excluding carboxylic acids is 1. The van der Waals surface area contributed by atoms with Gasteiger partial charge in [-0.2, -0.15) is 0 Å². The van der Waals surface area contributed by atoms with E-state index in [1.807, 2.05) is 0 Å². The van der Waals surface area contributed by atoms with Gasteiger partial charge in [0.25, 0.3) is 0 Å². The summed E-state index contributed by atoms with van der Waals surface area (Å²) >= 11 is 0. The lowest BCUT2D eigenvalue weighted by Crippen LogP contribution is -2.64. The molecule has 18 N–H and O–H groups in total. The average molecular weight is 682 g/mol. The van der Waals surface area contributed by atoms with Gasteiger partial charge in [0.05, 0.1) is 37.9 Å². The minimum absolute atomic E-state index is 0.00684. The van der Waals surface area contributed by atoms with Gasteiger partial charge in [0.1, 0.15) is 54.6 Å². The molecule has 0 spiro atoms. The van der Waals surface area contributed by atoms with E-state index in [1.165, 1.54) is 0 Å². The van der Waals surface area contributed by atoms with Crippen LogP contribution in [0, 0.1) is 5.92 Å². The van der Waals surface area contributed by atoms with Gasteiger partial charge in [-0.1, -0.05) is 0 Å². The van der Waals surface area contributed by atoms with Crippen molar-refractivity contribution >= 4 is 5.91 Å². The second-order valence-electron chi connectivity index (χ2n) is 12.3. The highest BCUT2D eigenvalue weighted by Crippen LogP contribution is 2.37. The summed E-state index contributed by atoms with van der Waals surface area (Å²) in [5.74, 6) is -1.12. The summed E-state index contributed by atoms with van der Waals surface area (Å²) < 4.78 is 35.4. The molecule has 1 amide bonds. The molecule has 20 nitrogen and oxygen atoms in total. The Labute approximate surface area is 271 Å². The van der Waals surface area contributed by atoms with Crippen LogP contribution in [0.5, 0.6) is 0 Å². The Morgan fingerprint density at radius 2 is 1.51 bits per heavy atom. The molecule has 3 aliphatic heterocycles. The highest BCUT2D eigenvalue weighted by Gasteiger charge is 2.54. The largest absolute Gasteiger partial charge is 0.467 e. The van der Waals surface area contributed by atoms with Crippen LogP contribution < -0.4 is 34.4 Å². The molecule has 1 aliphatic carbocycles. The van der Waals surface area contributed by atoms with Crippen molar-refractivity contribution in [2.24, 2.45) is 40.3 Å². The highest BCUT2D eigenvalue weighted by molar-refractivity contribution is 5.75. The topological polar surface area (TPSA) is 353 Å². The maximum Gasteiger partial charge on any atom is 0.246 e. The molecule has 0 aromatic heterocycles. The number of aliphatic hydroxyl groups excluding tert-OH is 5. The van der Waals surface area contributed by atoms with Crippen molar-refractivity contribution in [3.63, 3.8) is 0 Å². The summed E-state index contributed by atoms with van der Waals surface area (Å²) in [6.45, 7) is -0.876. The third kappa shape index (κ3) is 8.56. The van der Waals surface area contributed by atoms with Gasteiger partial charge in [-0.05, 0) is 24.8 Å². The van der Waals surface area contributed by atoms with E-state index in [0.29, 0.717) is 17.2 Å². The van der Waals surface area contributed by atoms with Crippen LogP contribution >= 0.6 is 0 Å². The number of nitrogens with two attached hydrogens (primary N) is 6. The first kappa shape index (κ1) is 38.1. The van der Waals surface area contributed by atoms with Gasteiger partial charge >= 0.3 is 0 Å². The van der Waals surface area contributed by atoms with Gasteiger partial charge in [-0.25, -0.2) is 5.06 Å². The van der Waals surface area contributed by atoms with Crippen molar-refractivity contribution in [2.75, 3.05) is 32.8 Å². The molecule has 4 rings (SSSR count). The standard InChI is InChI=1S/C27H51N7O13/c28-3-4-34(41)16(36)6-10-5-13(32)22(45-25-12(31)2-1-11(7-29)42-25)24(18(10)37)47-27-21(40)23(15(9-35)44-27)46-26-17(33)20(39)19(38)14(8-30)43-26/h1,10,12-15,17-27,35,37-41H,2-9,28-33H2/t10-,12+,13-,14-,15+,17+,18-,19+,20+,21+,22+,23+,24+,25+,26+,27-/m0/s1. The number of carbonyl (C=O) groups is 1. The van der Waals surface area contributed by atoms with E-state index in [4.69, 9.17) is 62.8 Å². The third-order valence-corrected chi connectivity index (χ3v) is 8.97. The molecule has 47 heavy (non-hydrogen) atoms. The van der Waals surface area contributed by atoms with Crippen molar-refractivity contribution in [3.05, 3.63) is 11.8 Å². The highest BCUT2D eigenvalue weighted by atomic mass is 16.8. The summed E-state index contributed by atoms with van der Waals surface area (Å²) in [6, 6.07) is -2.77. The van der Waals surface area contributed by atoms with E-state index >= 15 is 0 Å². The minimum Gasteiger partial charge on any atom is -0.467 e. The van der Waals surface area contributed by atoms with Crippen molar-refractivity contribution < 1.29 is 64.0 Å². The first-order chi connectivity index (χ1) is 22.3. The number of amides is 1. The van der Waals surface area contributed by atoms with E-state index in [-0.39, 0.29) is 39.0 Å². The Balaban J connectivity index is 1.55. The van der Waals surface area contributed by atoms with Crippen LogP contribution in [0.3, 0.4) is 0 Å². The minimum atomic E-state index is -1.63. The molecule has 0 aromatic carbocycles. The second-order valence-corrected chi connectivity index (χ2v) is 12.3. The molecular weight excluding hydrogens is 630 g/mol. The van der Waals surface area contributed by atoms with E-state index < -0.39 is 110 Å². The quantitative estimate of drug-likeness (QED) is 0.0634. The summed E-state index contributed by atoms with van der Waals surface area (Å²) in [5.41, 5.74) is 35.6. The fourth-order valence-corrected chi connectivity index (χ4v) is 6.24. The first-order valence-electron chi connectivity index (χ1n) is 15.7. The second kappa shape index (κ2) is 16.8. The van der Waals surface area contributed by atoms with Crippen LogP contribution in [0.15, 0.2) is 11.8 Å². The summed E-state index contributed by atoms with van der Waals surface area (Å²) in [6.07, 6.45) is -14.2. The summed E-state index contributed by atoms with van der Waals surface area (Å²) in [7, 11) is 0. The normalized spacial score (nSPS) is 44.1. The molecule has 3 fully saturated rings. The Morgan fingerprint density at radius 1 is 0.851 bits per heavy atom. The van der Waals surface area contributed by atoms with Crippen LogP contribution in [0.4, 0.5) is 0 Å². The van der Waals surface area contributed by atoms with E-state index in [1.54, 1.807) is 6.08 Å². The van der Waals surface area contributed by atoms with Crippen LogP contribution in [-0.2, 0) is 33.2 Å². The van der Waals surface area contributed by atoms with Gasteiger partial charge in [-0.3, -0.25) is 10.0 Å². The van der Waals surface area contributed by atoms with Gasteiger partial charge in [0.2, 0.25) is 12.2 Å². The lowest BCUT2D eigenvalue weighted by molar-refractivity contribution is -0.283. The Hall–Kier alpha value is -1.67. The average Bonchev–Trinajstić information content (AvgIpc) is 3.35. The number of rotatable bonds is 13. The van der Waals surface area contributed by atoms with Crippen LogP contribution in [-0.4, -0.2) is 166 Å². The Morgan fingerprint density at radius 3 is 2.15 bits per heavy atom. The van der Waals surface area contributed by atoms with E-state index in [9.17, 15) is 35.5 Å². The summed E-state index contributed by atoms with van der Waals surface area (Å²) in [4.78, 5) is 12.7. The lowest BCUT2D eigenvalue weighted by atomic mass is 9.77. The molecule has 3 heterocycles. The third-order valence-electron chi connectivity index (χ3n) is 8.97. The number of hydroxylamine groups is 2. The zero-order valence-electron chi connectivity index (χ0n) is 25.9. The number of hydrogen-bond donors (Lipinski definition) is 12. The molecule has 20 heteroatoms. The molecule has 272 valence electrons. The van der Waals surface area contributed by atoms with E-state index in [0.717, 1.165) is 0 Å². The van der Waals surface area contributed by atoms with Gasteiger partial charge in [0.15, 0.2) is 12.6 Å². The number of aliphatic hydroxyl groups is 5. The van der Waals surface area contributed by atoms with Crippen LogP contribution in [0.1, 0.15) is 19.3 Å². The number of ether oxygens (including phenoxy) is 6. The fourth-order valence-electron chi connectivity index (χ4n) is 6.24.